The lowest BCUT2D eigenvalue weighted by Gasteiger charge is -2.23. The summed E-state index contributed by atoms with van der Waals surface area (Å²) in [6, 6.07) is 16.7. The Morgan fingerprint density at radius 3 is 1.84 bits per heavy atom. The fraction of sp³-hybridized carbons (Fsp3) is 0.543. The second kappa shape index (κ2) is 31.8. The summed E-state index contributed by atoms with van der Waals surface area (Å²) in [4.78, 5) is 44.6. The molecule has 0 bridgehead atoms. The maximum atomic E-state index is 11.6. The maximum absolute atomic E-state index is 11.6. The average Bonchev–Trinajstić information content (AvgIpc) is 3.74. The molecule has 2 aromatic rings. The Hall–Kier alpha value is -3.60. The molecule has 2 aliphatic rings. The van der Waals surface area contributed by atoms with Crippen molar-refractivity contribution in [1.82, 2.24) is 15.5 Å². The van der Waals surface area contributed by atoms with Crippen LogP contribution >= 0.6 is 0 Å². The highest BCUT2D eigenvalue weighted by Crippen LogP contribution is 2.47. The van der Waals surface area contributed by atoms with Gasteiger partial charge in [-0.1, -0.05) is 59.7 Å². The van der Waals surface area contributed by atoms with E-state index in [1.165, 1.54) is 6.92 Å². The summed E-state index contributed by atoms with van der Waals surface area (Å²) >= 11 is 0. The van der Waals surface area contributed by atoms with E-state index in [0.717, 1.165) is 36.9 Å². The van der Waals surface area contributed by atoms with Crippen LogP contribution in [0.1, 0.15) is 71.7 Å². The van der Waals surface area contributed by atoms with Crippen LogP contribution in [-0.4, -0.2) is 89.4 Å². The van der Waals surface area contributed by atoms with Gasteiger partial charge in [0.1, 0.15) is 24.1 Å². The third-order valence-electron chi connectivity index (χ3n) is 5.59. The Labute approximate surface area is 272 Å². The van der Waals surface area contributed by atoms with Crippen molar-refractivity contribution in [3.63, 3.8) is 0 Å². The Morgan fingerprint density at radius 1 is 0.867 bits per heavy atom. The zero-order chi connectivity index (χ0) is 35.0. The number of nitrogens with one attached hydrogen (secondary N) is 2. The lowest BCUT2D eigenvalue weighted by molar-refractivity contribution is -0.134. The second-order valence-corrected chi connectivity index (χ2v) is 8.82. The van der Waals surface area contributed by atoms with Gasteiger partial charge in [0.2, 0.25) is 11.8 Å². The average molecular weight is 634 g/mol. The van der Waals surface area contributed by atoms with Crippen LogP contribution in [0.2, 0.25) is 0 Å². The van der Waals surface area contributed by atoms with E-state index < -0.39 is 0 Å². The molecule has 10 nitrogen and oxygen atoms in total. The third-order valence-corrected chi connectivity index (χ3v) is 5.59. The van der Waals surface area contributed by atoms with Crippen molar-refractivity contribution < 1.29 is 33.4 Å². The van der Waals surface area contributed by atoms with Crippen molar-refractivity contribution in [2.75, 3.05) is 48.1 Å². The number of ether oxygens (including phenoxy) is 3. The number of fused-ring (bicyclic) bond motifs is 1. The van der Waals surface area contributed by atoms with Crippen LogP contribution in [0.5, 0.6) is 11.5 Å². The van der Waals surface area contributed by atoms with Crippen LogP contribution in [0, 0.1) is 5.92 Å². The summed E-state index contributed by atoms with van der Waals surface area (Å²) in [6.07, 6.45) is 3.69. The standard InChI is InChI=1S/C13H10O2.C9H14N2O2.C5H11NO2.C2H6O.3C2H6/c14-10-11-6-8-13(9-7-11)15-12-4-2-1-3-5-12;1-10-4-9(13)11-7(5-12)2-6-3-8(6)11;1-5(7)6-3-4-8-2;1-3-2;3*1-2/h1-10H;5-8,10H,2-4H2,1H3;3-4H2,1-2H3,(H,6,7);1-2H3;3*1-2H3. The summed E-state index contributed by atoms with van der Waals surface area (Å²) in [5, 5.41) is 5.40. The first-order chi connectivity index (χ1) is 21.8. The minimum atomic E-state index is -0.149. The summed E-state index contributed by atoms with van der Waals surface area (Å²) < 4.78 is 14.5. The maximum Gasteiger partial charge on any atom is 0.237 e. The number of hydrogen-bond acceptors (Lipinski definition) is 8. The van der Waals surface area contributed by atoms with E-state index in [2.05, 4.69) is 20.1 Å². The number of benzene rings is 2. The first kappa shape index (κ1) is 45.8. The van der Waals surface area contributed by atoms with Crippen molar-refractivity contribution in [1.29, 1.82) is 0 Å². The van der Waals surface area contributed by atoms with Crippen molar-refractivity contribution in [2.24, 2.45) is 5.92 Å². The van der Waals surface area contributed by atoms with E-state index in [1.807, 2.05) is 71.9 Å². The fourth-order valence-corrected chi connectivity index (χ4v) is 3.80. The lowest BCUT2D eigenvalue weighted by Crippen LogP contribution is -2.43. The number of aldehydes is 2. The molecule has 10 heteroatoms. The van der Waals surface area contributed by atoms with Gasteiger partial charge >= 0.3 is 0 Å². The topological polar surface area (TPSA) is 123 Å². The minimum Gasteiger partial charge on any atom is -0.457 e. The van der Waals surface area contributed by atoms with Gasteiger partial charge in [-0.05, 0) is 62.2 Å². The number of likely N-dealkylation sites (N-methyl/N-ethyl adjacent to an activating group) is 1. The van der Waals surface area contributed by atoms with Crippen LogP contribution in [-0.2, 0) is 23.9 Å². The van der Waals surface area contributed by atoms with E-state index in [-0.39, 0.29) is 17.9 Å². The number of rotatable bonds is 9. The van der Waals surface area contributed by atoms with Gasteiger partial charge in [0.25, 0.3) is 0 Å². The molecule has 3 unspecified atom stereocenters. The molecule has 1 heterocycles. The van der Waals surface area contributed by atoms with Crippen molar-refractivity contribution >= 4 is 24.4 Å². The van der Waals surface area contributed by atoms with E-state index in [0.29, 0.717) is 37.2 Å². The van der Waals surface area contributed by atoms with Gasteiger partial charge in [0.05, 0.1) is 19.2 Å². The van der Waals surface area contributed by atoms with Crippen molar-refractivity contribution in [2.45, 2.75) is 73.4 Å². The van der Waals surface area contributed by atoms with Crippen molar-refractivity contribution in [3.05, 3.63) is 60.2 Å². The normalized spacial score (nSPS) is 15.9. The molecule has 1 aliphatic heterocycles. The first-order valence-electron chi connectivity index (χ1n) is 15.7. The molecular formula is C35H59N3O7. The van der Waals surface area contributed by atoms with E-state index >= 15 is 0 Å². The third kappa shape index (κ3) is 21.7. The van der Waals surface area contributed by atoms with Gasteiger partial charge < -0.3 is 34.5 Å². The number of hydrogen-bond donors (Lipinski definition) is 2. The summed E-state index contributed by atoms with van der Waals surface area (Å²) in [6.45, 7) is 15.0. The molecular weight excluding hydrogens is 574 g/mol. The highest BCUT2D eigenvalue weighted by molar-refractivity contribution is 5.83. The quantitative estimate of drug-likeness (QED) is 0.263. The fourth-order valence-electron chi connectivity index (χ4n) is 3.80. The molecule has 2 N–H and O–H groups in total. The number of methoxy groups -OCH3 is 2. The van der Waals surface area contributed by atoms with E-state index in [9.17, 15) is 19.2 Å². The molecule has 2 aromatic carbocycles. The monoisotopic (exact) mass is 633 g/mol. The lowest BCUT2D eigenvalue weighted by atomic mass is 10.2. The van der Waals surface area contributed by atoms with E-state index in [1.54, 1.807) is 57.5 Å². The summed E-state index contributed by atoms with van der Waals surface area (Å²) in [5.74, 6) is 2.17. The van der Waals surface area contributed by atoms with Gasteiger partial charge in [-0.2, -0.15) is 0 Å². The van der Waals surface area contributed by atoms with Crippen LogP contribution in [0.15, 0.2) is 54.6 Å². The molecule has 256 valence electrons. The highest BCUT2D eigenvalue weighted by atomic mass is 16.5. The highest BCUT2D eigenvalue weighted by Gasteiger charge is 2.53. The van der Waals surface area contributed by atoms with Gasteiger partial charge in [0, 0.05) is 46.4 Å². The predicted molar refractivity (Wildman–Crippen MR) is 183 cm³/mol. The predicted octanol–water partition coefficient (Wildman–Crippen LogP) is 5.80. The molecule has 4 rings (SSSR count). The number of carbonyl (C=O) groups excluding carboxylic acids is 4. The zero-order valence-corrected chi connectivity index (χ0v) is 29.4. The molecule has 2 fully saturated rings. The largest absolute Gasteiger partial charge is 0.457 e. The zero-order valence-electron chi connectivity index (χ0n) is 29.4. The first-order valence-corrected chi connectivity index (χ1v) is 15.7. The molecule has 0 aromatic heterocycles. The summed E-state index contributed by atoms with van der Waals surface area (Å²) in [7, 11) is 6.59. The minimum absolute atomic E-state index is 0.0120. The number of piperidine rings is 1. The second-order valence-electron chi connectivity index (χ2n) is 8.82. The molecule has 1 saturated heterocycles. The number of likely N-dealkylation sites (tertiary alicyclic amines) is 1. The number of para-hydroxylation sites is 1. The Morgan fingerprint density at radius 2 is 1.40 bits per heavy atom. The molecule has 45 heavy (non-hydrogen) atoms. The molecule has 3 atom stereocenters. The van der Waals surface area contributed by atoms with Crippen LogP contribution in [0.25, 0.3) is 0 Å². The Kier molecular flexibility index (Phi) is 32.4. The smallest absolute Gasteiger partial charge is 0.237 e. The molecule has 0 spiro atoms. The molecule has 1 aliphatic carbocycles. The number of nitrogens with zero attached hydrogens (tertiary/aromatic N) is 1. The van der Waals surface area contributed by atoms with Gasteiger partial charge in [0.15, 0.2) is 0 Å². The number of amides is 2. The number of carbonyl (C=O) groups is 4. The van der Waals surface area contributed by atoms with Crippen LogP contribution < -0.4 is 15.4 Å². The van der Waals surface area contributed by atoms with Crippen molar-refractivity contribution in [3.8, 4) is 11.5 Å². The van der Waals surface area contributed by atoms with Gasteiger partial charge in [-0.3, -0.25) is 14.4 Å². The molecule has 1 saturated carbocycles. The Balaban J connectivity index is -0.000000537. The van der Waals surface area contributed by atoms with Crippen LogP contribution in [0.3, 0.4) is 0 Å². The SMILES string of the molecule is CC.CC.CC.CNCC(=O)N1C(C=O)CC2CC21.COC.COCCNC(C)=O.O=Cc1ccc(Oc2ccccc2)cc1. The molecule has 0 radical (unpaired) electrons. The van der Waals surface area contributed by atoms with Gasteiger partial charge in [-0.25, -0.2) is 0 Å². The van der Waals surface area contributed by atoms with Crippen LogP contribution in [0.4, 0.5) is 0 Å². The molecule has 2 amide bonds. The van der Waals surface area contributed by atoms with E-state index in [4.69, 9.17) is 4.74 Å². The summed E-state index contributed by atoms with van der Waals surface area (Å²) in [5.41, 5.74) is 0.649. The van der Waals surface area contributed by atoms with Gasteiger partial charge in [-0.15, -0.1) is 0 Å². The Bertz CT molecular complexity index is 988.